The number of ether oxygens (including phenoxy) is 1. The molecule has 0 bridgehead atoms. The quantitative estimate of drug-likeness (QED) is 0.906. The second kappa shape index (κ2) is 5.41. The van der Waals surface area contributed by atoms with Gasteiger partial charge < -0.3 is 14.9 Å². The fraction of sp³-hybridized carbons (Fsp3) is 0.333. The Morgan fingerprint density at radius 1 is 1.14 bits per heavy atom. The van der Waals surface area contributed by atoms with Crippen LogP contribution in [0, 0.1) is 0 Å². The summed E-state index contributed by atoms with van der Waals surface area (Å²) in [7, 11) is 0. The van der Waals surface area contributed by atoms with Crippen molar-refractivity contribution in [1.29, 1.82) is 0 Å². The van der Waals surface area contributed by atoms with E-state index >= 15 is 0 Å². The van der Waals surface area contributed by atoms with Crippen molar-refractivity contribution in [2.75, 3.05) is 0 Å². The van der Waals surface area contributed by atoms with Gasteiger partial charge in [0, 0.05) is 11.5 Å². The van der Waals surface area contributed by atoms with Crippen LogP contribution in [0.1, 0.15) is 42.6 Å². The Bertz CT molecular complexity index is 631. The standard InChI is InChI=1S/C18H20O3/c1-11(19)9-13-3-8-17-16(10-13)12(2)18(21-17)14-4-6-15(20)7-5-14/h3-8,10-12,18-20H,9H2,1-2H3/t11?,12-,18-/m1/s1. The Hall–Kier alpha value is -2.00. The van der Waals surface area contributed by atoms with Crippen molar-refractivity contribution in [2.24, 2.45) is 0 Å². The summed E-state index contributed by atoms with van der Waals surface area (Å²) in [6, 6.07) is 13.3. The molecule has 0 amide bonds. The van der Waals surface area contributed by atoms with E-state index in [4.69, 9.17) is 4.74 Å². The van der Waals surface area contributed by atoms with Gasteiger partial charge in [0.15, 0.2) is 0 Å². The highest BCUT2D eigenvalue weighted by molar-refractivity contribution is 5.45. The van der Waals surface area contributed by atoms with Crippen LogP contribution in [0.2, 0.25) is 0 Å². The van der Waals surface area contributed by atoms with Gasteiger partial charge in [-0.2, -0.15) is 0 Å². The van der Waals surface area contributed by atoms with Crippen molar-refractivity contribution in [3.8, 4) is 11.5 Å². The van der Waals surface area contributed by atoms with E-state index in [0.717, 1.165) is 16.9 Å². The first kappa shape index (κ1) is 14.0. The van der Waals surface area contributed by atoms with Crippen molar-refractivity contribution in [3.63, 3.8) is 0 Å². The highest BCUT2D eigenvalue weighted by Crippen LogP contribution is 2.46. The smallest absolute Gasteiger partial charge is 0.130 e. The van der Waals surface area contributed by atoms with Crippen molar-refractivity contribution in [2.45, 2.75) is 38.4 Å². The molecule has 0 spiro atoms. The fourth-order valence-corrected chi connectivity index (χ4v) is 2.95. The molecule has 110 valence electrons. The molecule has 3 atom stereocenters. The summed E-state index contributed by atoms with van der Waals surface area (Å²) in [6.07, 6.45) is 0.292. The summed E-state index contributed by atoms with van der Waals surface area (Å²) in [5.74, 6) is 1.43. The topological polar surface area (TPSA) is 49.7 Å². The zero-order chi connectivity index (χ0) is 15.0. The summed E-state index contributed by atoms with van der Waals surface area (Å²) in [5, 5.41) is 18.9. The number of phenolic OH excluding ortho intramolecular Hbond substituents is 1. The lowest BCUT2D eigenvalue weighted by atomic mass is 9.91. The highest BCUT2D eigenvalue weighted by atomic mass is 16.5. The molecule has 0 fully saturated rings. The van der Waals surface area contributed by atoms with Gasteiger partial charge >= 0.3 is 0 Å². The third-order valence-corrected chi connectivity index (χ3v) is 4.03. The molecular weight excluding hydrogens is 264 g/mol. The highest BCUT2D eigenvalue weighted by Gasteiger charge is 2.32. The van der Waals surface area contributed by atoms with Crippen molar-refractivity contribution in [3.05, 3.63) is 59.2 Å². The number of hydrogen-bond acceptors (Lipinski definition) is 3. The molecule has 1 heterocycles. The molecule has 1 unspecified atom stereocenters. The molecule has 2 aromatic carbocycles. The fourth-order valence-electron chi connectivity index (χ4n) is 2.95. The molecule has 0 radical (unpaired) electrons. The lowest BCUT2D eigenvalue weighted by Crippen LogP contribution is -2.07. The van der Waals surface area contributed by atoms with E-state index in [0.29, 0.717) is 6.42 Å². The lowest BCUT2D eigenvalue weighted by Gasteiger charge is -2.15. The summed E-state index contributed by atoms with van der Waals surface area (Å²) >= 11 is 0. The number of benzene rings is 2. The van der Waals surface area contributed by atoms with Crippen LogP contribution in [-0.2, 0) is 6.42 Å². The van der Waals surface area contributed by atoms with Gasteiger partial charge in [-0.15, -0.1) is 0 Å². The van der Waals surface area contributed by atoms with E-state index in [1.807, 2.05) is 24.3 Å². The van der Waals surface area contributed by atoms with Gasteiger partial charge in [-0.25, -0.2) is 0 Å². The van der Waals surface area contributed by atoms with Crippen LogP contribution in [-0.4, -0.2) is 16.3 Å². The molecule has 0 saturated heterocycles. The summed E-state index contributed by atoms with van der Waals surface area (Å²) < 4.78 is 6.06. The van der Waals surface area contributed by atoms with Crippen LogP contribution in [0.5, 0.6) is 11.5 Å². The number of aliphatic hydroxyl groups is 1. The number of aromatic hydroxyl groups is 1. The SMILES string of the molecule is CC(O)Cc1ccc2c(c1)[C@@H](C)[C@H](c1ccc(O)cc1)O2. The predicted octanol–water partition coefficient (Wildman–Crippen LogP) is 3.55. The van der Waals surface area contributed by atoms with Crippen molar-refractivity contribution < 1.29 is 14.9 Å². The Labute approximate surface area is 124 Å². The Balaban J connectivity index is 1.88. The molecule has 21 heavy (non-hydrogen) atoms. The van der Waals surface area contributed by atoms with Crippen LogP contribution in [0.4, 0.5) is 0 Å². The van der Waals surface area contributed by atoms with E-state index in [1.54, 1.807) is 19.1 Å². The first-order valence-electron chi connectivity index (χ1n) is 7.31. The van der Waals surface area contributed by atoms with Crippen LogP contribution < -0.4 is 4.74 Å². The second-order valence-corrected chi connectivity index (χ2v) is 5.84. The predicted molar refractivity (Wildman–Crippen MR) is 81.7 cm³/mol. The molecule has 1 aliphatic heterocycles. The maximum absolute atomic E-state index is 9.52. The van der Waals surface area contributed by atoms with Gasteiger partial charge in [-0.05, 0) is 42.7 Å². The number of phenols is 1. The molecule has 0 aliphatic carbocycles. The zero-order valence-corrected chi connectivity index (χ0v) is 12.3. The van der Waals surface area contributed by atoms with Crippen LogP contribution in [0.15, 0.2) is 42.5 Å². The molecular formula is C18H20O3. The summed E-state index contributed by atoms with van der Waals surface area (Å²) in [6.45, 7) is 3.95. The van der Waals surface area contributed by atoms with Gasteiger partial charge in [0.05, 0.1) is 6.10 Å². The monoisotopic (exact) mass is 284 g/mol. The third-order valence-electron chi connectivity index (χ3n) is 4.03. The Morgan fingerprint density at radius 2 is 1.86 bits per heavy atom. The molecule has 0 aromatic heterocycles. The zero-order valence-electron chi connectivity index (χ0n) is 12.3. The number of fused-ring (bicyclic) bond motifs is 1. The number of aliphatic hydroxyl groups excluding tert-OH is 1. The van der Waals surface area contributed by atoms with E-state index in [9.17, 15) is 10.2 Å². The maximum atomic E-state index is 9.52. The number of hydrogen-bond donors (Lipinski definition) is 2. The lowest BCUT2D eigenvalue weighted by molar-refractivity contribution is 0.195. The first-order valence-corrected chi connectivity index (χ1v) is 7.31. The van der Waals surface area contributed by atoms with Crippen molar-refractivity contribution >= 4 is 0 Å². The average molecular weight is 284 g/mol. The summed E-state index contributed by atoms with van der Waals surface area (Å²) in [4.78, 5) is 0. The van der Waals surface area contributed by atoms with Crippen LogP contribution in [0.3, 0.4) is 0 Å². The van der Waals surface area contributed by atoms with E-state index in [2.05, 4.69) is 13.0 Å². The largest absolute Gasteiger partial charge is 0.508 e. The normalized spacial score (nSPS) is 21.7. The third kappa shape index (κ3) is 2.74. The van der Waals surface area contributed by atoms with Crippen molar-refractivity contribution in [1.82, 2.24) is 0 Å². The van der Waals surface area contributed by atoms with Gasteiger partial charge in [0.2, 0.25) is 0 Å². The van der Waals surface area contributed by atoms with E-state index < -0.39 is 0 Å². The molecule has 3 nitrogen and oxygen atoms in total. The Kier molecular flexibility index (Phi) is 3.60. The maximum Gasteiger partial charge on any atom is 0.130 e. The molecule has 2 N–H and O–H groups in total. The number of rotatable bonds is 3. The van der Waals surface area contributed by atoms with E-state index in [1.165, 1.54) is 5.56 Å². The molecule has 1 aliphatic rings. The molecule has 3 rings (SSSR count). The molecule has 0 saturated carbocycles. The minimum atomic E-state index is -0.339. The van der Waals surface area contributed by atoms with E-state index in [-0.39, 0.29) is 23.9 Å². The second-order valence-electron chi connectivity index (χ2n) is 5.84. The molecule has 2 aromatic rings. The van der Waals surface area contributed by atoms with Gasteiger partial charge in [0.25, 0.3) is 0 Å². The summed E-state index contributed by atoms with van der Waals surface area (Å²) in [5.41, 5.74) is 3.38. The van der Waals surface area contributed by atoms with Gasteiger partial charge in [-0.3, -0.25) is 0 Å². The average Bonchev–Trinajstić information content (AvgIpc) is 2.76. The van der Waals surface area contributed by atoms with Crippen LogP contribution in [0.25, 0.3) is 0 Å². The van der Waals surface area contributed by atoms with Gasteiger partial charge in [0.1, 0.15) is 17.6 Å². The minimum Gasteiger partial charge on any atom is -0.508 e. The first-order chi connectivity index (χ1) is 10.0. The van der Waals surface area contributed by atoms with Gasteiger partial charge in [-0.1, -0.05) is 31.2 Å². The molecule has 3 heteroatoms. The van der Waals surface area contributed by atoms with Crippen LogP contribution >= 0.6 is 0 Å². The minimum absolute atomic E-state index is 0.0256. The Morgan fingerprint density at radius 3 is 2.52 bits per heavy atom.